The lowest BCUT2D eigenvalue weighted by molar-refractivity contribution is -0.130. The summed E-state index contributed by atoms with van der Waals surface area (Å²) in [6, 6.07) is 10.8. The molecule has 7 nitrogen and oxygen atoms in total. The monoisotopic (exact) mass is 414 g/mol. The molecule has 0 aliphatic carbocycles. The first-order valence-electron chi connectivity index (χ1n) is 9.69. The van der Waals surface area contributed by atoms with Crippen LogP contribution < -0.4 is 9.64 Å². The largest absolute Gasteiger partial charge is 0.472 e. The van der Waals surface area contributed by atoms with Gasteiger partial charge in [0.1, 0.15) is 12.6 Å². The number of carbonyl (C=O) groups is 2. The van der Waals surface area contributed by atoms with Crippen molar-refractivity contribution in [1.29, 1.82) is 0 Å². The Morgan fingerprint density at radius 1 is 1.17 bits per heavy atom. The molecule has 0 spiro atoms. The van der Waals surface area contributed by atoms with E-state index in [0.29, 0.717) is 37.1 Å². The Hall–Kier alpha value is -2.80. The van der Waals surface area contributed by atoms with Crippen LogP contribution in [-0.2, 0) is 4.79 Å². The SMILES string of the molecule is Cc1ccc(OC2CCN(C(=O)CN3CCN(c4ccc(Cl)cc4)C3=O)C2)nc1. The predicted octanol–water partition coefficient (Wildman–Crippen LogP) is 2.97. The second-order valence-corrected chi connectivity index (χ2v) is 7.81. The zero-order valence-electron chi connectivity index (χ0n) is 16.3. The van der Waals surface area contributed by atoms with Crippen LogP contribution in [0.5, 0.6) is 5.88 Å². The number of hydrogen-bond acceptors (Lipinski definition) is 4. The molecule has 2 aliphatic heterocycles. The highest BCUT2D eigenvalue weighted by Crippen LogP contribution is 2.23. The molecule has 3 heterocycles. The number of carbonyl (C=O) groups excluding carboxylic acids is 2. The van der Waals surface area contributed by atoms with Crippen molar-refractivity contribution in [1.82, 2.24) is 14.8 Å². The molecule has 0 N–H and O–H groups in total. The van der Waals surface area contributed by atoms with E-state index >= 15 is 0 Å². The van der Waals surface area contributed by atoms with E-state index in [0.717, 1.165) is 17.7 Å². The van der Waals surface area contributed by atoms with Gasteiger partial charge in [-0.15, -0.1) is 0 Å². The first-order valence-corrected chi connectivity index (χ1v) is 10.1. The molecule has 1 atom stereocenters. The highest BCUT2D eigenvalue weighted by molar-refractivity contribution is 6.30. The molecule has 0 bridgehead atoms. The number of hydrogen-bond donors (Lipinski definition) is 0. The third-order valence-corrected chi connectivity index (χ3v) is 5.48. The van der Waals surface area contributed by atoms with Gasteiger partial charge in [-0.25, -0.2) is 9.78 Å². The van der Waals surface area contributed by atoms with Crippen LogP contribution >= 0.6 is 11.6 Å². The number of halogens is 1. The predicted molar refractivity (Wildman–Crippen MR) is 110 cm³/mol. The summed E-state index contributed by atoms with van der Waals surface area (Å²) >= 11 is 5.92. The molecule has 2 aromatic rings. The molecule has 2 aliphatic rings. The summed E-state index contributed by atoms with van der Waals surface area (Å²) < 4.78 is 5.88. The molecule has 8 heteroatoms. The average molecular weight is 415 g/mol. The van der Waals surface area contributed by atoms with Crippen molar-refractivity contribution in [2.24, 2.45) is 0 Å². The fourth-order valence-electron chi connectivity index (χ4n) is 3.60. The number of amides is 3. The number of pyridine rings is 1. The third kappa shape index (κ3) is 4.45. The van der Waals surface area contributed by atoms with Crippen LogP contribution in [0.4, 0.5) is 10.5 Å². The number of benzene rings is 1. The minimum atomic E-state index is -0.156. The fraction of sp³-hybridized carbons (Fsp3) is 0.381. The van der Waals surface area contributed by atoms with E-state index < -0.39 is 0 Å². The fourth-order valence-corrected chi connectivity index (χ4v) is 3.72. The lowest BCUT2D eigenvalue weighted by Crippen LogP contribution is -2.42. The minimum Gasteiger partial charge on any atom is -0.472 e. The number of nitrogens with zero attached hydrogens (tertiary/aromatic N) is 4. The smallest absolute Gasteiger partial charge is 0.325 e. The van der Waals surface area contributed by atoms with Crippen LogP contribution in [0.1, 0.15) is 12.0 Å². The summed E-state index contributed by atoms with van der Waals surface area (Å²) in [4.78, 5) is 34.7. The Morgan fingerprint density at radius 3 is 2.69 bits per heavy atom. The molecule has 29 heavy (non-hydrogen) atoms. The summed E-state index contributed by atoms with van der Waals surface area (Å²) in [6.45, 7) is 4.27. The molecule has 1 aromatic heterocycles. The highest BCUT2D eigenvalue weighted by Gasteiger charge is 2.34. The van der Waals surface area contributed by atoms with Gasteiger partial charge in [-0.1, -0.05) is 17.7 Å². The van der Waals surface area contributed by atoms with Gasteiger partial charge in [0.25, 0.3) is 0 Å². The summed E-state index contributed by atoms with van der Waals surface area (Å²) in [7, 11) is 0. The maximum atomic E-state index is 12.7. The molecule has 1 aromatic carbocycles. The number of aryl methyl sites for hydroxylation is 1. The number of ether oxygens (including phenoxy) is 1. The number of rotatable bonds is 5. The van der Waals surface area contributed by atoms with Gasteiger partial charge in [-0.2, -0.15) is 0 Å². The molecule has 0 saturated carbocycles. The van der Waals surface area contributed by atoms with Crippen LogP contribution in [0.2, 0.25) is 5.02 Å². The van der Waals surface area contributed by atoms with Gasteiger partial charge >= 0.3 is 6.03 Å². The molecule has 0 radical (unpaired) electrons. The quantitative estimate of drug-likeness (QED) is 0.754. The molecular weight excluding hydrogens is 392 g/mol. The van der Waals surface area contributed by atoms with Gasteiger partial charge in [0.05, 0.1) is 6.54 Å². The summed E-state index contributed by atoms with van der Waals surface area (Å²) in [5, 5.41) is 0.624. The van der Waals surface area contributed by atoms with E-state index in [-0.39, 0.29) is 24.6 Å². The molecule has 3 amide bonds. The number of anilines is 1. The van der Waals surface area contributed by atoms with E-state index in [1.165, 1.54) is 0 Å². The van der Waals surface area contributed by atoms with E-state index in [1.54, 1.807) is 33.0 Å². The van der Waals surface area contributed by atoms with Crippen LogP contribution in [0.15, 0.2) is 42.6 Å². The molecule has 2 saturated heterocycles. The maximum absolute atomic E-state index is 12.7. The first kappa shape index (κ1) is 19.5. The topological polar surface area (TPSA) is 66.0 Å². The number of likely N-dealkylation sites (tertiary alicyclic amines) is 1. The van der Waals surface area contributed by atoms with Crippen molar-refractivity contribution in [3.05, 3.63) is 53.2 Å². The Balaban J connectivity index is 1.30. The van der Waals surface area contributed by atoms with E-state index in [4.69, 9.17) is 16.3 Å². The molecular formula is C21H23ClN4O3. The summed E-state index contributed by atoms with van der Waals surface area (Å²) in [6.07, 6.45) is 2.44. The van der Waals surface area contributed by atoms with Crippen LogP contribution in [0, 0.1) is 6.92 Å². The Bertz CT molecular complexity index is 888. The van der Waals surface area contributed by atoms with Gasteiger partial charge in [-0.3, -0.25) is 9.69 Å². The van der Waals surface area contributed by atoms with Crippen molar-refractivity contribution >= 4 is 29.2 Å². The second kappa shape index (κ2) is 8.29. The van der Waals surface area contributed by atoms with Crippen molar-refractivity contribution in [3.63, 3.8) is 0 Å². The zero-order valence-corrected chi connectivity index (χ0v) is 17.0. The van der Waals surface area contributed by atoms with Gasteiger partial charge < -0.3 is 14.5 Å². The highest BCUT2D eigenvalue weighted by atomic mass is 35.5. The van der Waals surface area contributed by atoms with Gasteiger partial charge in [0.15, 0.2) is 0 Å². The summed E-state index contributed by atoms with van der Waals surface area (Å²) in [5.41, 5.74) is 1.86. The maximum Gasteiger partial charge on any atom is 0.325 e. The van der Waals surface area contributed by atoms with Crippen LogP contribution in [-0.4, -0.2) is 65.5 Å². The molecule has 4 rings (SSSR count). The van der Waals surface area contributed by atoms with Crippen molar-refractivity contribution in [2.75, 3.05) is 37.6 Å². The first-order chi connectivity index (χ1) is 14.0. The molecule has 1 unspecified atom stereocenters. The van der Waals surface area contributed by atoms with E-state index in [1.807, 2.05) is 31.2 Å². The number of aromatic nitrogens is 1. The van der Waals surface area contributed by atoms with Crippen molar-refractivity contribution < 1.29 is 14.3 Å². The normalized spacial score (nSPS) is 19.2. The summed E-state index contributed by atoms with van der Waals surface area (Å²) in [5.74, 6) is 0.516. The lowest BCUT2D eigenvalue weighted by Gasteiger charge is -2.22. The second-order valence-electron chi connectivity index (χ2n) is 7.37. The molecule has 152 valence electrons. The number of urea groups is 1. The van der Waals surface area contributed by atoms with Crippen LogP contribution in [0.3, 0.4) is 0 Å². The Morgan fingerprint density at radius 2 is 1.97 bits per heavy atom. The van der Waals surface area contributed by atoms with Gasteiger partial charge in [0.2, 0.25) is 11.8 Å². The molecule has 2 fully saturated rings. The van der Waals surface area contributed by atoms with E-state index in [2.05, 4.69) is 4.98 Å². The van der Waals surface area contributed by atoms with Gasteiger partial charge in [0, 0.05) is 49.0 Å². The van der Waals surface area contributed by atoms with Crippen molar-refractivity contribution in [2.45, 2.75) is 19.4 Å². The minimum absolute atomic E-state index is 0.0562. The standard InChI is InChI=1S/C21H23ClN4O3/c1-15-2-7-19(23-12-15)29-18-8-9-24(13-18)20(27)14-25-10-11-26(21(25)28)17-5-3-16(22)4-6-17/h2-7,12,18H,8-11,13-14H2,1H3. The van der Waals surface area contributed by atoms with Crippen LogP contribution in [0.25, 0.3) is 0 Å². The van der Waals surface area contributed by atoms with Gasteiger partial charge in [-0.05, 0) is 36.8 Å². The van der Waals surface area contributed by atoms with Crippen molar-refractivity contribution in [3.8, 4) is 5.88 Å². The average Bonchev–Trinajstić information content (AvgIpc) is 3.32. The third-order valence-electron chi connectivity index (χ3n) is 5.23. The van der Waals surface area contributed by atoms with E-state index in [9.17, 15) is 9.59 Å². The zero-order chi connectivity index (χ0) is 20.4. The Labute approximate surface area is 174 Å². The Kier molecular flexibility index (Phi) is 5.58. The lowest BCUT2D eigenvalue weighted by atomic mass is 10.3.